The van der Waals surface area contributed by atoms with Crippen LogP contribution in [-0.2, 0) is 4.79 Å². The van der Waals surface area contributed by atoms with Crippen molar-refractivity contribution in [3.8, 4) is 5.75 Å². The molecule has 1 aliphatic rings. The van der Waals surface area contributed by atoms with Gasteiger partial charge in [0, 0.05) is 17.1 Å². The number of methoxy groups -OCH3 is 1. The summed E-state index contributed by atoms with van der Waals surface area (Å²) in [5.41, 5.74) is 4.14. The van der Waals surface area contributed by atoms with Crippen LogP contribution in [-0.4, -0.2) is 28.7 Å². The summed E-state index contributed by atoms with van der Waals surface area (Å²) in [6, 6.07) is 19.6. The standard InChI is InChI=1S/C29H26FN5O3/c1-17-5-4-6-22(15-17)34-28(36)24-16-31-35-26(19-7-9-20(30)10-8-19)25(18(2)32-27(24)35)29(37)33-21-11-13-23(38-3)14-12-21/h4-16,26,32H,1-3H3,(H,33,37)(H,34,36)/t26-/m1/s1. The van der Waals surface area contributed by atoms with Gasteiger partial charge in [-0.2, -0.15) is 5.10 Å². The lowest BCUT2D eigenvalue weighted by Crippen LogP contribution is -2.32. The summed E-state index contributed by atoms with van der Waals surface area (Å²) in [4.78, 5) is 26.8. The van der Waals surface area contributed by atoms with Gasteiger partial charge in [-0.15, -0.1) is 0 Å². The predicted molar refractivity (Wildman–Crippen MR) is 144 cm³/mol. The van der Waals surface area contributed by atoms with Gasteiger partial charge in [0.1, 0.15) is 29.0 Å². The SMILES string of the molecule is COc1ccc(NC(=O)C2=C(C)Nc3c(C(=O)Nc4cccc(C)c4)cnn3[C@@H]2c2ccc(F)cc2)cc1. The normalized spacial score (nSPS) is 14.4. The molecule has 0 bridgehead atoms. The zero-order chi connectivity index (χ0) is 26.8. The molecule has 1 atom stereocenters. The van der Waals surface area contributed by atoms with Gasteiger partial charge >= 0.3 is 0 Å². The molecule has 38 heavy (non-hydrogen) atoms. The number of carbonyl (C=O) groups is 2. The van der Waals surface area contributed by atoms with Gasteiger partial charge in [0.2, 0.25) is 0 Å². The van der Waals surface area contributed by atoms with Crippen molar-refractivity contribution in [2.45, 2.75) is 19.9 Å². The van der Waals surface area contributed by atoms with E-state index in [4.69, 9.17) is 4.74 Å². The van der Waals surface area contributed by atoms with Gasteiger partial charge in [-0.25, -0.2) is 9.07 Å². The molecule has 0 saturated heterocycles. The third-order valence-electron chi connectivity index (χ3n) is 6.32. The molecule has 2 amide bonds. The Morgan fingerprint density at radius 3 is 2.34 bits per heavy atom. The zero-order valence-electron chi connectivity index (χ0n) is 21.1. The van der Waals surface area contributed by atoms with Gasteiger partial charge in [0.15, 0.2) is 0 Å². The summed E-state index contributed by atoms with van der Waals surface area (Å²) in [6.07, 6.45) is 1.46. The molecular weight excluding hydrogens is 485 g/mol. The molecule has 0 radical (unpaired) electrons. The predicted octanol–water partition coefficient (Wildman–Crippen LogP) is 5.52. The van der Waals surface area contributed by atoms with E-state index in [0.717, 1.165) is 5.56 Å². The Morgan fingerprint density at radius 1 is 0.947 bits per heavy atom. The summed E-state index contributed by atoms with van der Waals surface area (Å²) >= 11 is 0. The summed E-state index contributed by atoms with van der Waals surface area (Å²) in [7, 11) is 1.57. The number of benzene rings is 3. The average molecular weight is 512 g/mol. The maximum atomic E-state index is 13.8. The molecule has 0 saturated carbocycles. The van der Waals surface area contributed by atoms with Crippen LogP contribution in [0.5, 0.6) is 5.75 Å². The lowest BCUT2D eigenvalue weighted by atomic mass is 9.94. The van der Waals surface area contributed by atoms with E-state index in [9.17, 15) is 14.0 Å². The van der Waals surface area contributed by atoms with Crippen LogP contribution in [0.4, 0.5) is 21.6 Å². The Bertz CT molecular complexity index is 1540. The first-order valence-corrected chi connectivity index (χ1v) is 12.0. The molecular formula is C29H26FN5O3. The van der Waals surface area contributed by atoms with Gasteiger partial charge in [-0.1, -0.05) is 24.3 Å². The minimum Gasteiger partial charge on any atom is -0.497 e. The number of rotatable bonds is 6. The van der Waals surface area contributed by atoms with Crippen molar-refractivity contribution in [3.05, 3.63) is 113 Å². The van der Waals surface area contributed by atoms with Crippen LogP contribution in [0.25, 0.3) is 0 Å². The van der Waals surface area contributed by atoms with Crippen molar-refractivity contribution in [3.63, 3.8) is 0 Å². The van der Waals surface area contributed by atoms with Crippen LogP contribution in [0.2, 0.25) is 0 Å². The molecule has 3 aromatic carbocycles. The molecule has 3 N–H and O–H groups in total. The number of anilines is 3. The van der Waals surface area contributed by atoms with E-state index in [1.165, 1.54) is 18.3 Å². The van der Waals surface area contributed by atoms with E-state index in [0.29, 0.717) is 45.3 Å². The largest absolute Gasteiger partial charge is 0.497 e. The number of aromatic nitrogens is 2. The molecule has 8 nitrogen and oxygen atoms in total. The molecule has 192 valence electrons. The molecule has 0 spiro atoms. The number of nitrogens with one attached hydrogen (secondary N) is 3. The first-order chi connectivity index (χ1) is 18.3. The van der Waals surface area contributed by atoms with E-state index in [1.807, 2.05) is 31.2 Å². The number of aryl methyl sites for hydroxylation is 1. The minimum absolute atomic E-state index is 0.313. The summed E-state index contributed by atoms with van der Waals surface area (Å²) in [6.45, 7) is 3.71. The molecule has 5 rings (SSSR count). The van der Waals surface area contributed by atoms with Crippen molar-refractivity contribution >= 4 is 29.0 Å². The van der Waals surface area contributed by atoms with E-state index in [-0.39, 0.29) is 11.8 Å². The van der Waals surface area contributed by atoms with Crippen molar-refractivity contribution in [2.24, 2.45) is 0 Å². The van der Waals surface area contributed by atoms with Crippen molar-refractivity contribution < 1.29 is 18.7 Å². The van der Waals surface area contributed by atoms with Crippen molar-refractivity contribution in [2.75, 3.05) is 23.1 Å². The number of allylic oxidation sites excluding steroid dienone is 1. The number of carbonyl (C=O) groups excluding carboxylic acids is 2. The third kappa shape index (κ3) is 4.86. The highest BCUT2D eigenvalue weighted by atomic mass is 19.1. The second kappa shape index (κ2) is 10.2. The van der Waals surface area contributed by atoms with Crippen LogP contribution in [0.15, 0.2) is 90.3 Å². The number of amides is 2. The second-order valence-corrected chi connectivity index (χ2v) is 8.98. The summed E-state index contributed by atoms with van der Waals surface area (Å²) in [5, 5.41) is 13.5. The molecule has 1 aliphatic heterocycles. The zero-order valence-corrected chi connectivity index (χ0v) is 21.1. The van der Waals surface area contributed by atoms with E-state index in [2.05, 4.69) is 21.0 Å². The molecule has 0 aliphatic carbocycles. The van der Waals surface area contributed by atoms with Crippen LogP contribution in [0, 0.1) is 12.7 Å². The topological polar surface area (TPSA) is 97.3 Å². The lowest BCUT2D eigenvalue weighted by molar-refractivity contribution is -0.113. The van der Waals surface area contributed by atoms with E-state index >= 15 is 0 Å². The second-order valence-electron chi connectivity index (χ2n) is 8.98. The first-order valence-electron chi connectivity index (χ1n) is 12.0. The number of halogens is 1. The minimum atomic E-state index is -0.703. The fraction of sp³-hybridized carbons (Fsp3) is 0.138. The fourth-order valence-corrected chi connectivity index (χ4v) is 4.46. The third-order valence-corrected chi connectivity index (χ3v) is 6.32. The molecule has 0 fully saturated rings. The molecule has 9 heteroatoms. The number of hydrogen-bond acceptors (Lipinski definition) is 5. The van der Waals surface area contributed by atoms with Crippen molar-refractivity contribution in [1.29, 1.82) is 0 Å². The van der Waals surface area contributed by atoms with Gasteiger partial charge in [0.05, 0.1) is 18.9 Å². The number of nitrogens with zero attached hydrogens (tertiary/aromatic N) is 2. The Hall–Kier alpha value is -4.92. The average Bonchev–Trinajstić information content (AvgIpc) is 3.32. The lowest BCUT2D eigenvalue weighted by Gasteiger charge is -2.30. The molecule has 0 unspecified atom stereocenters. The highest BCUT2D eigenvalue weighted by Gasteiger charge is 2.35. The smallest absolute Gasteiger partial charge is 0.261 e. The van der Waals surface area contributed by atoms with Crippen molar-refractivity contribution in [1.82, 2.24) is 9.78 Å². The van der Waals surface area contributed by atoms with Gasteiger partial charge < -0.3 is 20.7 Å². The van der Waals surface area contributed by atoms with Crippen LogP contribution < -0.4 is 20.7 Å². The Balaban J connectivity index is 1.52. The highest BCUT2D eigenvalue weighted by Crippen LogP contribution is 2.38. The Morgan fingerprint density at radius 2 is 1.66 bits per heavy atom. The fourth-order valence-electron chi connectivity index (χ4n) is 4.46. The Kier molecular flexibility index (Phi) is 6.66. The maximum Gasteiger partial charge on any atom is 0.261 e. The van der Waals surface area contributed by atoms with Gasteiger partial charge in [-0.3, -0.25) is 9.59 Å². The number of ether oxygens (including phenoxy) is 1. The van der Waals surface area contributed by atoms with Crippen LogP contribution in [0.3, 0.4) is 0 Å². The number of fused-ring (bicyclic) bond motifs is 1. The molecule has 1 aromatic heterocycles. The maximum absolute atomic E-state index is 13.8. The monoisotopic (exact) mass is 511 g/mol. The quantitative estimate of drug-likeness (QED) is 0.317. The van der Waals surface area contributed by atoms with Gasteiger partial charge in [-0.05, 0) is 73.5 Å². The van der Waals surface area contributed by atoms with E-state index < -0.39 is 11.9 Å². The van der Waals surface area contributed by atoms with Crippen LogP contribution >= 0.6 is 0 Å². The Labute approximate surface area is 219 Å². The van der Waals surface area contributed by atoms with Crippen LogP contribution in [0.1, 0.15) is 34.5 Å². The molecule has 2 heterocycles. The molecule has 4 aromatic rings. The highest BCUT2D eigenvalue weighted by molar-refractivity contribution is 6.09. The van der Waals surface area contributed by atoms with E-state index in [1.54, 1.807) is 55.1 Å². The van der Waals surface area contributed by atoms with Gasteiger partial charge in [0.25, 0.3) is 11.8 Å². The summed E-state index contributed by atoms with van der Waals surface area (Å²) in [5.74, 6) is -0.00313. The first kappa shape index (κ1) is 24.8. The number of hydrogen-bond donors (Lipinski definition) is 3. The summed E-state index contributed by atoms with van der Waals surface area (Å²) < 4.78 is 20.6.